The SMILES string of the molecule is Cc1cc2nc(-c3ccc(CNC(=O)COc4c(C)cc(Cl)cc4Cl)cc3)oc2cc1C. The van der Waals surface area contributed by atoms with Gasteiger partial charge in [-0.25, -0.2) is 4.98 Å². The normalized spacial score (nSPS) is 11.0. The minimum atomic E-state index is -0.246. The standard InChI is InChI=1S/C25H22Cl2N2O3/c1-14-9-21-22(10-15(14)2)32-25(29-21)18-6-4-17(5-7-18)12-28-23(30)13-31-24-16(3)8-19(26)11-20(24)27/h4-11H,12-13H2,1-3H3,(H,28,30). The molecule has 1 N–H and O–H groups in total. The van der Waals surface area contributed by atoms with Crippen molar-refractivity contribution in [3.8, 4) is 17.2 Å². The molecule has 3 aromatic carbocycles. The number of amides is 1. The Kier molecular flexibility index (Phi) is 6.40. The number of hydrogen-bond donors (Lipinski definition) is 1. The Balaban J connectivity index is 1.35. The summed E-state index contributed by atoms with van der Waals surface area (Å²) in [7, 11) is 0. The lowest BCUT2D eigenvalue weighted by Gasteiger charge is -2.11. The number of ether oxygens (including phenoxy) is 1. The van der Waals surface area contributed by atoms with Crippen molar-refractivity contribution in [2.75, 3.05) is 6.61 Å². The number of fused-ring (bicyclic) bond motifs is 1. The average Bonchev–Trinajstić information content (AvgIpc) is 3.14. The third-order valence-electron chi connectivity index (χ3n) is 5.24. The van der Waals surface area contributed by atoms with Crippen LogP contribution in [-0.2, 0) is 11.3 Å². The molecule has 0 fully saturated rings. The molecule has 0 aliphatic carbocycles. The van der Waals surface area contributed by atoms with E-state index < -0.39 is 0 Å². The number of aryl methyl sites for hydroxylation is 3. The van der Waals surface area contributed by atoms with Gasteiger partial charge in [-0.15, -0.1) is 0 Å². The molecule has 32 heavy (non-hydrogen) atoms. The summed E-state index contributed by atoms with van der Waals surface area (Å²) in [5.41, 5.74) is 6.57. The molecule has 4 aromatic rings. The number of rotatable bonds is 6. The predicted molar refractivity (Wildman–Crippen MR) is 127 cm³/mol. The molecule has 0 saturated carbocycles. The smallest absolute Gasteiger partial charge is 0.258 e. The van der Waals surface area contributed by atoms with Gasteiger partial charge in [0.15, 0.2) is 12.2 Å². The number of halogens is 2. The van der Waals surface area contributed by atoms with E-state index in [4.69, 9.17) is 32.4 Å². The number of carbonyl (C=O) groups is 1. The van der Waals surface area contributed by atoms with Crippen LogP contribution < -0.4 is 10.1 Å². The summed E-state index contributed by atoms with van der Waals surface area (Å²) in [4.78, 5) is 16.8. The van der Waals surface area contributed by atoms with E-state index in [0.29, 0.717) is 28.2 Å². The first-order chi connectivity index (χ1) is 15.3. The van der Waals surface area contributed by atoms with Crippen LogP contribution in [0.25, 0.3) is 22.6 Å². The fourth-order valence-corrected chi connectivity index (χ4v) is 3.98. The number of hydrogen-bond acceptors (Lipinski definition) is 4. The van der Waals surface area contributed by atoms with E-state index in [1.165, 1.54) is 11.1 Å². The van der Waals surface area contributed by atoms with Crippen LogP contribution >= 0.6 is 23.2 Å². The fraction of sp³-hybridized carbons (Fsp3) is 0.200. The Bertz CT molecular complexity index is 1230. The van der Waals surface area contributed by atoms with Crippen molar-refractivity contribution < 1.29 is 13.9 Å². The summed E-state index contributed by atoms with van der Waals surface area (Å²) in [5.74, 6) is 0.785. The summed E-state index contributed by atoms with van der Waals surface area (Å²) in [6.07, 6.45) is 0. The second-order valence-corrected chi connectivity index (χ2v) is 8.56. The number of carbonyl (C=O) groups excluding carboxylic acids is 1. The van der Waals surface area contributed by atoms with Crippen LogP contribution in [0.3, 0.4) is 0 Å². The first-order valence-electron chi connectivity index (χ1n) is 10.1. The lowest BCUT2D eigenvalue weighted by atomic mass is 10.1. The van der Waals surface area contributed by atoms with Gasteiger partial charge in [0.05, 0.1) is 5.02 Å². The van der Waals surface area contributed by atoms with E-state index in [9.17, 15) is 4.79 Å². The summed E-state index contributed by atoms with van der Waals surface area (Å²) in [6, 6.07) is 15.1. The van der Waals surface area contributed by atoms with Crippen molar-refractivity contribution >= 4 is 40.2 Å². The molecule has 0 bridgehead atoms. The molecule has 4 rings (SSSR count). The monoisotopic (exact) mass is 468 g/mol. The molecule has 1 aromatic heterocycles. The molecule has 5 nitrogen and oxygen atoms in total. The van der Waals surface area contributed by atoms with Crippen molar-refractivity contribution in [3.05, 3.63) is 80.8 Å². The maximum atomic E-state index is 12.2. The molecule has 7 heteroatoms. The minimum Gasteiger partial charge on any atom is -0.482 e. The molecular formula is C25H22Cl2N2O3. The van der Waals surface area contributed by atoms with E-state index in [2.05, 4.69) is 24.1 Å². The molecule has 164 valence electrons. The van der Waals surface area contributed by atoms with E-state index in [1.54, 1.807) is 12.1 Å². The van der Waals surface area contributed by atoms with Gasteiger partial charge in [0.2, 0.25) is 5.89 Å². The fourth-order valence-electron chi connectivity index (χ4n) is 3.33. The van der Waals surface area contributed by atoms with E-state index in [-0.39, 0.29) is 12.5 Å². The first kappa shape index (κ1) is 22.2. The van der Waals surface area contributed by atoms with Crippen LogP contribution in [0.4, 0.5) is 0 Å². The van der Waals surface area contributed by atoms with Gasteiger partial charge in [0.25, 0.3) is 5.91 Å². The molecule has 0 unspecified atom stereocenters. The number of benzene rings is 3. The zero-order valence-electron chi connectivity index (χ0n) is 18.0. The van der Waals surface area contributed by atoms with Gasteiger partial charge >= 0.3 is 0 Å². The number of nitrogens with one attached hydrogen (secondary N) is 1. The van der Waals surface area contributed by atoms with Crippen molar-refractivity contribution in [1.82, 2.24) is 10.3 Å². The Labute approximate surface area is 196 Å². The lowest BCUT2D eigenvalue weighted by Crippen LogP contribution is -2.28. The van der Waals surface area contributed by atoms with Gasteiger partial charge in [-0.05, 0) is 79.4 Å². The Morgan fingerprint density at radius 1 is 1.00 bits per heavy atom. The highest BCUT2D eigenvalue weighted by molar-refractivity contribution is 6.35. The van der Waals surface area contributed by atoms with Crippen LogP contribution in [0.5, 0.6) is 5.75 Å². The topological polar surface area (TPSA) is 64.4 Å². The quantitative estimate of drug-likeness (QED) is 0.354. The first-order valence-corrected chi connectivity index (χ1v) is 10.9. The molecule has 0 spiro atoms. The van der Waals surface area contributed by atoms with E-state index in [0.717, 1.165) is 27.8 Å². The number of oxazole rings is 1. The predicted octanol–water partition coefficient (Wildman–Crippen LogP) is 6.42. The minimum absolute atomic E-state index is 0.137. The van der Waals surface area contributed by atoms with Crippen LogP contribution in [0, 0.1) is 20.8 Å². The third kappa shape index (κ3) is 4.90. The maximum Gasteiger partial charge on any atom is 0.258 e. The van der Waals surface area contributed by atoms with Gasteiger partial charge in [0.1, 0.15) is 11.3 Å². The summed E-state index contributed by atoms with van der Waals surface area (Å²) in [5, 5.41) is 3.74. The van der Waals surface area contributed by atoms with Crippen molar-refractivity contribution in [1.29, 1.82) is 0 Å². The third-order valence-corrected chi connectivity index (χ3v) is 5.74. The van der Waals surface area contributed by atoms with E-state index >= 15 is 0 Å². The molecule has 0 aliphatic rings. The Hall–Kier alpha value is -3.02. The average molecular weight is 469 g/mol. The summed E-state index contributed by atoms with van der Waals surface area (Å²) in [6.45, 7) is 6.17. The van der Waals surface area contributed by atoms with Crippen molar-refractivity contribution in [2.24, 2.45) is 0 Å². The van der Waals surface area contributed by atoms with Crippen LogP contribution in [0.1, 0.15) is 22.3 Å². The van der Waals surface area contributed by atoms with Crippen LogP contribution in [0.2, 0.25) is 10.0 Å². The number of aromatic nitrogens is 1. The molecule has 1 amide bonds. The number of nitrogens with zero attached hydrogens (tertiary/aromatic N) is 1. The molecular weight excluding hydrogens is 447 g/mol. The molecule has 0 saturated heterocycles. The van der Waals surface area contributed by atoms with Crippen molar-refractivity contribution in [3.63, 3.8) is 0 Å². The molecule has 0 aliphatic heterocycles. The molecule has 0 radical (unpaired) electrons. The van der Waals surface area contributed by atoms with E-state index in [1.807, 2.05) is 43.3 Å². The second kappa shape index (κ2) is 9.23. The molecule has 0 atom stereocenters. The van der Waals surface area contributed by atoms with Gasteiger partial charge in [-0.3, -0.25) is 4.79 Å². The molecule has 1 heterocycles. The van der Waals surface area contributed by atoms with Crippen molar-refractivity contribution in [2.45, 2.75) is 27.3 Å². The highest BCUT2D eigenvalue weighted by Crippen LogP contribution is 2.31. The second-order valence-electron chi connectivity index (χ2n) is 7.72. The highest BCUT2D eigenvalue weighted by Gasteiger charge is 2.12. The summed E-state index contributed by atoms with van der Waals surface area (Å²) >= 11 is 12.1. The maximum absolute atomic E-state index is 12.2. The van der Waals surface area contributed by atoms with Crippen LogP contribution in [0.15, 0.2) is 52.9 Å². The summed E-state index contributed by atoms with van der Waals surface area (Å²) < 4.78 is 11.5. The van der Waals surface area contributed by atoms with Gasteiger partial charge in [-0.2, -0.15) is 0 Å². The lowest BCUT2D eigenvalue weighted by molar-refractivity contribution is -0.123. The van der Waals surface area contributed by atoms with Crippen LogP contribution in [-0.4, -0.2) is 17.5 Å². The van der Waals surface area contributed by atoms with Gasteiger partial charge in [-0.1, -0.05) is 35.3 Å². The highest BCUT2D eigenvalue weighted by atomic mass is 35.5. The Morgan fingerprint density at radius 2 is 1.72 bits per heavy atom. The van der Waals surface area contributed by atoms with Gasteiger partial charge < -0.3 is 14.5 Å². The Morgan fingerprint density at radius 3 is 2.44 bits per heavy atom. The zero-order valence-corrected chi connectivity index (χ0v) is 19.5. The van der Waals surface area contributed by atoms with Gasteiger partial charge in [0, 0.05) is 17.1 Å². The largest absolute Gasteiger partial charge is 0.482 e. The zero-order chi connectivity index (χ0) is 22.8.